The molecule has 75 heavy (non-hydrogen) atoms. The number of hydrogen-bond acceptors (Lipinski definition) is 31. The van der Waals surface area contributed by atoms with E-state index in [0.717, 1.165) is 0 Å². The SMILES string of the molecule is Cc1ccc(S(=O)(=O)C[C@H]2O[C@@H]3O[C@H]4[C@H](O)[C@@H](O)[C@@H](O[C@H]5[C@H](O)[C@@H](O)[C@@H](O[C@H]6[C@H](O)[C@@H](O)[C@@H](O[C@H]7[C@H](O)[C@@H](O)[C@@H](O[C@H]8[C@H](O)[C@@H](O)[C@@H](O[C@H]2[C@H](O)[C@H]3O)O[C@@H]8CO)O[C@@H]7CO)O[C@@H]6CO)O[C@@H]5CO)O[C@@H]4CO)cc1. The number of aliphatic hydroxyl groups is 17. The van der Waals surface area contributed by atoms with Crippen molar-refractivity contribution in [2.75, 3.05) is 38.8 Å². The van der Waals surface area contributed by atoms with Crippen LogP contribution < -0.4 is 0 Å². The standard InChI is InChI=1S/C43H66O31S/c1-12-2-4-13(5-3-12)75(61,62)11-19-37-25(54)31(60)43(68-19)73-36-18(10-48)66-41(29(58)23(36)52)71-34-16(8-46)64-39(27(56)21(34)50)69-32-14(6-44)63-38(26(55)20(32)49)70-33-15(7-45)65-40(28(57)22(33)51)72-35-17(9-47)67-42(74-37)30(59)24(35)53/h2-5,14-60H,6-11H2,1H3/t14-,15-,16-,17-,18-,19-,20-,21-,22-,23-,24-,25-,26-,27-,28-,29-,30-,31-,32-,33-,34-,35-,36-,37-,38-,39-,40-,41-,42-,43-/m1/s1. The van der Waals surface area contributed by atoms with Gasteiger partial charge in [0.25, 0.3) is 0 Å². The minimum Gasteiger partial charge on any atom is -0.394 e. The van der Waals surface area contributed by atoms with E-state index in [4.69, 9.17) is 56.8 Å². The van der Waals surface area contributed by atoms with Gasteiger partial charge in [-0.25, -0.2) is 8.42 Å². The number of sulfone groups is 1. The fraction of sp³-hybridized carbons (Fsp3) is 0.860. The third kappa shape index (κ3) is 11.8. The van der Waals surface area contributed by atoms with E-state index in [1.54, 1.807) is 6.92 Å². The van der Waals surface area contributed by atoms with Gasteiger partial charge in [-0.15, -0.1) is 0 Å². The maximum absolute atomic E-state index is 13.9. The molecule has 430 valence electrons. The van der Waals surface area contributed by atoms with Crippen LogP contribution in [0.4, 0.5) is 0 Å². The summed E-state index contributed by atoms with van der Waals surface area (Å²) in [6, 6.07) is 5.48. The Bertz CT molecular complexity index is 2080. The average Bonchev–Trinajstić information content (AvgIpc) is 3.39. The van der Waals surface area contributed by atoms with Crippen molar-refractivity contribution in [3.8, 4) is 0 Å². The predicted molar refractivity (Wildman–Crippen MR) is 232 cm³/mol. The molecule has 0 aromatic heterocycles. The average molecular weight is 1110 g/mol. The number of hydrogen-bond donors (Lipinski definition) is 17. The van der Waals surface area contributed by atoms with Gasteiger partial charge in [-0.1, -0.05) is 17.7 Å². The molecule has 1 aromatic rings. The van der Waals surface area contributed by atoms with E-state index in [2.05, 4.69) is 0 Å². The first-order valence-corrected chi connectivity index (χ1v) is 25.6. The molecule has 0 aliphatic carbocycles. The molecule has 23 rings (SSSR count). The molecule has 31 nitrogen and oxygen atoms in total. The summed E-state index contributed by atoms with van der Waals surface area (Å²) in [6.45, 7) is -3.53. The van der Waals surface area contributed by atoms with Gasteiger partial charge >= 0.3 is 0 Å². The largest absolute Gasteiger partial charge is 0.394 e. The van der Waals surface area contributed by atoms with Gasteiger partial charge in [0, 0.05) is 0 Å². The molecule has 22 aliphatic rings. The summed E-state index contributed by atoms with van der Waals surface area (Å²) in [4.78, 5) is -0.259. The minimum absolute atomic E-state index is 0.259. The van der Waals surface area contributed by atoms with E-state index >= 15 is 0 Å². The maximum atomic E-state index is 13.9. The van der Waals surface area contributed by atoms with Crippen LogP contribution in [-0.2, 0) is 66.7 Å². The second-order valence-electron chi connectivity index (χ2n) is 19.3. The Balaban J connectivity index is 1.13. The van der Waals surface area contributed by atoms with Gasteiger partial charge < -0.3 is 144 Å². The van der Waals surface area contributed by atoms with Crippen LogP contribution in [0.15, 0.2) is 29.2 Å². The highest BCUT2D eigenvalue weighted by Crippen LogP contribution is 2.38. The third-order valence-corrected chi connectivity index (χ3v) is 16.0. The summed E-state index contributed by atoms with van der Waals surface area (Å²) in [5.74, 6) is -1.09. The summed E-state index contributed by atoms with van der Waals surface area (Å²) < 4.78 is 96.9. The van der Waals surface area contributed by atoms with Crippen LogP contribution in [0.5, 0.6) is 0 Å². The van der Waals surface area contributed by atoms with Crippen molar-refractivity contribution in [3.05, 3.63) is 29.8 Å². The van der Waals surface area contributed by atoms with Gasteiger partial charge in [-0.05, 0) is 19.1 Å². The summed E-state index contributed by atoms with van der Waals surface area (Å²) in [6.07, 6.45) is -61.0. The third-order valence-electron chi connectivity index (χ3n) is 14.3. The Hall–Kier alpha value is -1.99. The molecule has 0 radical (unpaired) electrons. The zero-order valence-electron chi connectivity index (χ0n) is 39.6. The van der Waals surface area contributed by atoms with Gasteiger partial charge in [-0.2, -0.15) is 0 Å². The van der Waals surface area contributed by atoms with Gasteiger partial charge in [0.1, 0.15) is 146 Å². The fourth-order valence-corrected chi connectivity index (χ4v) is 11.4. The van der Waals surface area contributed by atoms with Gasteiger partial charge in [0.05, 0.1) is 43.7 Å². The van der Waals surface area contributed by atoms with E-state index in [0.29, 0.717) is 5.56 Å². The molecule has 0 saturated carbocycles. The summed E-state index contributed by atoms with van der Waals surface area (Å²) >= 11 is 0. The Morgan fingerprint density at radius 2 is 0.520 bits per heavy atom. The lowest BCUT2D eigenvalue weighted by molar-refractivity contribution is -0.403. The molecule has 17 N–H and O–H groups in total. The molecule has 1 aromatic carbocycles. The predicted octanol–water partition coefficient (Wildman–Crippen LogP) is -11.3. The van der Waals surface area contributed by atoms with Crippen molar-refractivity contribution < 1.29 is 152 Å². The van der Waals surface area contributed by atoms with Crippen LogP contribution in [-0.4, -0.2) is 318 Å². The molecule has 22 heterocycles. The lowest BCUT2D eigenvalue weighted by Crippen LogP contribution is -2.69. The number of rotatable bonds is 8. The lowest BCUT2D eigenvalue weighted by atomic mass is 9.95. The van der Waals surface area contributed by atoms with Crippen LogP contribution in [0.1, 0.15) is 5.56 Å². The second-order valence-corrected chi connectivity index (χ2v) is 21.3. The molecule has 30 atom stereocenters. The van der Waals surface area contributed by atoms with E-state index in [1.165, 1.54) is 24.3 Å². The Kier molecular flexibility index (Phi) is 19.2. The number of aryl methyl sites for hydroxylation is 1. The Morgan fingerprint density at radius 1 is 0.320 bits per heavy atom. The molecule has 22 saturated heterocycles. The zero-order chi connectivity index (χ0) is 54.5. The van der Waals surface area contributed by atoms with E-state index in [-0.39, 0.29) is 4.90 Å². The van der Waals surface area contributed by atoms with Crippen molar-refractivity contribution in [3.63, 3.8) is 0 Å². The van der Waals surface area contributed by atoms with Crippen LogP contribution in [0.25, 0.3) is 0 Å². The number of ether oxygens (including phenoxy) is 12. The fourth-order valence-electron chi connectivity index (χ4n) is 9.97. The molecule has 0 unspecified atom stereocenters. The lowest BCUT2D eigenvalue weighted by Gasteiger charge is -2.50. The minimum atomic E-state index is -4.46. The summed E-state index contributed by atoms with van der Waals surface area (Å²) in [7, 11) is -4.46. The van der Waals surface area contributed by atoms with Crippen LogP contribution >= 0.6 is 0 Å². The number of aliphatic hydroxyl groups excluding tert-OH is 17. The van der Waals surface area contributed by atoms with Gasteiger partial charge in [0.2, 0.25) is 0 Å². The van der Waals surface area contributed by atoms with Crippen molar-refractivity contribution in [1.29, 1.82) is 0 Å². The highest BCUT2D eigenvalue weighted by atomic mass is 32.2. The molecular weight excluding hydrogens is 1040 g/mol. The molecular formula is C43H66O31S. The molecule has 12 bridgehead atoms. The first-order valence-electron chi connectivity index (χ1n) is 23.9. The van der Waals surface area contributed by atoms with Crippen LogP contribution in [0.3, 0.4) is 0 Å². The summed E-state index contributed by atoms with van der Waals surface area (Å²) in [5.41, 5.74) is 0.678. The van der Waals surface area contributed by atoms with Crippen LogP contribution in [0.2, 0.25) is 0 Å². The van der Waals surface area contributed by atoms with Crippen molar-refractivity contribution in [2.45, 2.75) is 196 Å². The smallest absolute Gasteiger partial charge is 0.187 e. The first kappa shape index (κ1) is 59.1. The Labute approximate surface area is 425 Å². The number of benzene rings is 1. The van der Waals surface area contributed by atoms with Crippen molar-refractivity contribution >= 4 is 9.84 Å². The van der Waals surface area contributed by atoms with E-state index in [1.807, 2.05) is 0 Å². The van der Waals surface area contributed by atoms with E-state index in [9.17, 15) is 95.2 Å². The highest BCUT2D eigenvalue weighted by Gasteiger charge is 2.59. The monoisotopic (exact) mass is 1110 g/mol. The summed E-state index contributed by atoms with van der Waals surface area (Å²) in [5, 5.41) is 189. The second kappa shape index (κ2) is 24.4. The zero-order valence-corrected chi connectivity index (χ0v) is 40.4. The van der Waals surface area contributed by atoms with Crippen LogP contribution in [0, 0.1) is 6.92 Å². The van der Waals surface area contributed by atoms with E-state index < -0.39 is 233 Å². The molecule has 22 fully saturated rings. The topological polar surface area (TPSA) is 489 Å². The highest BCUT2D eigenvalue weighted by molar-refractivity contribution is 7.91. The molecule has 0 spiro atoms. The van der Waals surface area contributed by atoms with Crippen molar-refractivity contribution in [2.24, 2.45) is 0 Å². The maximum Gasteiger partial charge on any atom is 0.187 e. The normalized spacial score (nSPS) is 50.3. The molecule has 0 amide bonds. The Morgan fingerprint density at radius 3 is 0.733 bits per heavy atom. The van der Waals surface area contributed by atoms with Gasteiger partial charge in [0.15, 0.2) is 47.6 Å². The molecule has 32 heteroatoms. The van der Waals surface area contributed by atoms with Gasteiger partial charge in [-0.3, -0.25) is 0 Å². The molecule has 22 aliphatic heterocycles. The quantitative estimate of drug-likeness (QED) is 0.115. The van der Waals surface area contributed by atoms with Crippen molar-refractivity contribution in [1.82, 2.24) is 0 Å². The first-order chi connectivity index (χ1) is 35.6.